The third-order valence-electron chi connectivity index (χ3n) is 2.89. The van der Waals surface area contributed by atoms with Crippen LogP contribution < -0.4 is 5.11 Å². The van der Waals surface area contributed by atoms with Gasteiger partial charge in [-0.3, -0.25) is 9.55 Å². The molecule has 0 spiro atoms. The molecule has 22 heavy (non-hydrogen) atoms. The molecule has 2 heterocycles. The minimum Gasteiger partial charge on any atom is -0.549 e. The van der Waals surface area contributed by atoms with Crippen LogP contribution in [0.1, 0.15) is 0 Å². The molecule has 0 aliphatic heterocycles. The van der Waals surface area contributed by atoms with Crippen LogP contribution in [0.2, 0.25) is 0 Å². The number of aliphatic carboxylic acids is 1. The Morgan fingerprint density at radius 2 is 1.95 bits per heavy atom. The van der Waals surface area contributed by atoms with Crippen molar-refractivity contribution in [3.8, 4) is 17.1 Å². The van der Waals surface area contributed by atoms with Crippen molar-refractivity contribution in [3.05, 3.63) is 54.9 Å². The van der Waals surface area contributed by atoms with Crippen LogP contribution in [0, 0.1) is 0 Å². The number of thioether (sulfide) groups is 1. The lowest BCUT2D eigenvalue weighted by atomic mass is 10.2. The standard InChI is InChI=1S/C15H12N4O2S/c20-13(21)10-22-15-18-17-14(11-5-4-8-16-9-11)19(15)12-6-2-1-3-7-12/h1-9H,10H2,(H,20,21)/p-1. The van der Waals surface area contributed by atoms with Crippen molar-refractivity contribution in [1.82, 2.24) is 19.7 Å². The summed E-state index contributed by atoms with van der Waals surface area (Å²) >= 11 is 1.07. The number of para-hydroxylation sites is 1. The van der Waals surface area contributed by atoms with Gasteiger partial charge in [0.2, 0.25) is 0 Å². The van der Waals surface area contributed by atoms with Crippen molar-refractivity contribution in [2.45, 2.75) is 5.16 Å². The van der Waals surface area contributed by atoms with Gasteiger partial charge in [0.1, 0.15) is 0 Å². The van der Waals surface area contributed by atoms with Crippen LogP contribution in [0.15, 0.2) is 60.0 Å². The minimum atomic E-state index is -1.14. The van der Waals surface area contributed by atoms with E-state index in [1.807, 2.05) is 47.0 Å². The molecule has 0 unspecified atom stereocenters. The topological polar surface area (TPSA) is 83.7 Å². The maximum Gasteiger partial charge on any atom is 0.196 e. The van der Waals surface area contributed by atoms with Gasteiger partial charge in [0.05, 0.1) is 5.97 Å². The molecule has 0 aliphatic carbocycles. The normalized spacial score (nSPS) is 10.5. The highest BCUT2D eigenvalue weighted by molar-refractivity contribution is 7.99. The first kappa shape index (κ1) is 14.3. The van der Waals surface area contributed by atoms with Gasteiger partial charge in [0, 0.05) is 29.4 Å². The predicted octanol–water partition coefficient (Wildman–Crippen LogP) is 1.17. The van der Waals surface area contributed by atoms with Gasteiger partial charge in [-0.2, -0.15) is 0 Å². The maximum absolute atomic E-state index is 10.7. The lowest BCUT2D eigenvalue weighted by molar-refractivity contribution is -0.301. The van der Waals surface area contributed by atoms with Gasteiger partial charge in [0.15, 0.2) is 11.0 Å². The summed E-state index contributed by atoms with van der Waals surface area (Å²) in [6.07, 6.45) is 3.37. The zero-order valence-corrected chi connectivity index (χ0v) is 12.2. The summed E-state index contributed by atoms with van der Waals surface area (Å²) in [6.45, 7) is 0. The Balaban J connectivity index is 2.09. The van der Waals surface area contributed by atoms with Crippen molar-refractivity contribution in [1.29, 1.82) is 0 Å². The van der Waals surface area contributed by atoms with Gasteiger partial charge in [0.25, 0.3) is 0 Å². The fourth-order valence-electron chi connectivity index (χ4n) is 1.98. The largest absolute Gasteiger partial charge is 0.549 e. The van der Waals surface area contributed by atoms with Crippen molar-refractivity contribution < 1.29 is 9.90 Å². The van der Waals surface area contributed by atoms with Crippen LogP contribution in [0.3, 0.4) is 0 Å². The Morgan fingerprint density at radius 3 is 2.64 bits per heavy atom. The van der Waals surface area contributed by atoms with Crippen LogP contribution in [-0.2, 0) is 4.79 Å². The molecule has 3 rings (SSSR count). The van der Waals surface area contributed by atoms with E-state index in [1.165, 1.54) is 0 Å². The summed E-state index contributed by atoms with van der Waals surface area (Å²) in [5, 5.41) is 19.5. The van der Waals surface area contributed by atoms with Crippen molar-refractivity contribution in [2.75, 3.05) is 5.75 Å². The second-order valence-electron chi connectivity index (χ2n) is 4.38. The number of benzene rings is 1. The summed E-state index contributed by atoms with van der Waals surface area (Å²) in [5.41, 5.74) is 1.66. The number of nitrogens with zero attached hydrogens (tertiary/aromatic N) is 4. The molecule has 0 bridgehead atoms. The predicted molar refractivity (Wildman–Crippen MR) is 80.3 cm³/mol. The van der Waals surface area contributed by atoms with E-state index in [4.69, 9.17) is 0 Å². The smallest absolute Gasteiger partial charge is 0.196 e. The number of carboxylic acid groups (broad SMARTS) is 1. The molecule has 0 N–H and O–H groups in total. The van der Waals surface area contributed by atoms with Crippen molar-refractivity contribution in [3.63, 3.8) is 0 Å². The first-order chi connectivity index (χ1) is 10.8. The van der Waals surface area contributed by atoms with Gasteiger partial charge in [-0.25, -0.2) is 0 Å². The van der Waals surface area contributed by atoms with Crippen LogP contribution in [0.25, 0.3) is 17.1 Å². The van der Waals surface area contributed by atoms with E-state index in [0.717, 1.165) is 23.0 Å². The Hall–Kier alpha value is -2.67. The summed E-state index contributed by atoms with van der Waals surface area (Å²) in [6, 6.07) is 13.2. The van der Waals surface area contributed by atoms with Gasteiger partial charge in [-0.15, -0.1) is 10.2 Å². The molecule has 2 aromatic heterocycles. The van der Waals surface area contributed by atoms with Crippen LogP contribution in [0.5, 0.6) is 0 Å². The number of pyridine rings is 1. The number of carbonyl (C=O) groups excluding carboxylic acids is 1. The molecule has 3 aromatic rings. The fourth-order valence-corrected chi connectivity index (χ4v) is 2.65. The fraction of sp³-hybridized carbons (Fsp3) is 0.0667. The van der Waals surface area contributed by atoms with E-state index in [-0.39, 0.29) is 5.75 Å². The molecule has 0 saturated heterocycles. The number of hydrogen-bond donors (Lipinski definition) is 0. The lowest BCUT2D eigenvalue weighted by Crippen LogP contribution is -2.24. The number of rotatable bonds is 5. The molecule has 0 atom stereocenters. The Morgan fingerprint density at radius 1 is 1.14 bits per heavy atom. The van der Waals surface area contributed by atoms with E-state index >= 15 is 0 Å². The Kier molecular flexibility index (Phi) is 4.15. The molecule has 0 aliphatic rings. The zero-order valence-electron chi connectivity index (χ0n) is 11.4. The van der Waals surface area contributed by atoms with Crippen LogP contribution >= 0.6 is 11.8 Å². The van der Waals surface area contributed by atoms with Crippen molar-refractivity contribution in [2.24, 2.45) is 0 Å². The molecule has 0 saturated carbocycles. The molecule has 6 nitrogen and oxygen atoms in total. The molecular formula is C15H11N4O2S-. The summed E-state index contributed by atoms with van der Waals surface area (Å²) in [4.78, 5) is 14.8. The summed E-state index contributed by atoms with van der Waals surface area (Å²) in [7, 11) is 0. The zero-order chi connectivity index (χ0) is 15.4. The number of hydrogen-bond acceptors (Lipinski definition) is 6. The van der Waals surface area contributed by atoms with Gasteiger partial charge in [-0.1, -0.05) is 30.0 Å². The Bertz CT molecular complexity index is 775. The molecular weight excluding hydrogens is 300 g/mol. The van der Waals surface area contributed by atoms with E-state index in [2.05, 4.69) is 15.2 Å². The number of aromatic nitrogens is 4. The van der Waals surface area contributed by atoms with E-state index in [1.54, 1.807) is 12.4 Å². The highest BCUT2D eigenvalue weighted by Crippen LogP contribution is 2.27. The quantitative estimate of drug-likeness (QED) is 0.658. The van der Waals surface area contributed by atoms with E-state index < -0.39 is 5.97 Å². The van der Waals surface area contributed by atoms with Gasteiger partial charge >= 0.3 is 0 Å². The SMILES string of the molecule is O=C([O-])CSc1nnc(-c2cccnc2)n1-c1ccccc1. The number of carboxylic acids is 1. The Labute approximate surface area is 130 Å². The van der Waals surface area contributed by atoms with Crippen molar-refractivity contribution >= 4 is 17.7 Å². The van der Waals surface area contributed by atoms with Crippen LogP contribution in [0.4, 0.5) is 0 Å². The van der Waals surface area contributed by atoms with E-state index in [9.17, 15) is 9.90 Å². The highest BCUT2D eigenvalue weighted by atomic mass is 32.2. The third-order valence-corrected chi connectivity index (χ3v) is 3.79. The first-order valence-electron chi connectivity index (χ1n) is 6.49. The lowest BCUT2D eigenvalue weighted by Gasteiger charge is -2.10. The minimum absolute atomic E-state index is 0.183. The molecule has 0 radical (unpaired) electrons. The average Bonchev–Trinajstić information content (AvgIpc) is 2.98. The van der Waals surface area contributed by atoms with E-state index in [0.29, 0.717) is 11.0 Å². The molecule has 110 valence electrons. The first-order valence-corrected chi connectivity index (χ1v) is 7.48. The second-order valence-corrected chi connectivity index (χ2v) is 5.32. The molecule has 7 heteroatoms. The summed E-state index contributed by atoms with van der Waals surface area (Å²) in [5.74, 6) is -0.714. The second kappa shape index (κ2) is 6.40. The summed E-state index contributed by atoms with van der Waals surface area (Å²) < 4.78 is 1.81. The highest BCUT2D eigenvalue weighted by Gasteiger charge is 2.15. The van der Waals surface area contributed by atoms with Gasteiger partial charge in [-0.05, 0) is 24.3 Å². The molecule has 0 amide bonds. The van der Waals surface area contributed by atoms with Gasteiger partial charge < -0.3 is 9.90 Å². The maximum atomic E-state index is 10.7. The number of carbonyl (C=O) groups is 1. The van der Waals surface area contributed by atoms with Crippen LogP contribution in [-0.4, -0.2) is 31.5 Å². The average molecular weight is 311 g/mol. The monoisotopic (exact) mass is 311 g/mol. The molecule has 0 fully saturated rings. The third kappa shape index (κ3) is 2.99. The molecule has 1 aromatic carbocycles.